The number of para-hydroxylation sites is 1. The molecule has 3 heterocycles. The number of benzene rings is 1. The third-order valence-electron chi connectivity index (χ3n) is 5.30. The number of thioether (sulfide) groups is 1. The van der Waals surface area contributed by atoms with Gasteiger partial charge in [0.15, 0.2) is 11.0 Å². The second-order valence-electron chi connectivity index (χ2n) is 8.11. The lowest BCUT2D eigenvalue weighted by Gasteiger charge is -2.30. The van der Waals surface area contributed by atoms with Crippen LogP contribution in [0.15, 0.2) is 55.6 Å². The van der Waals surface area contributed by atoms with Crippen molar-refractivity contribution in [3.05, 3.63) is 57.3 Å². The zero-order valence-electron chi connectivity index (χ0n) is 18.7. The summed E-state index contributed by atoms with van der Waals surface area (Å²) in [5.74, 6) is 1.56. The lowest BCUT2D eigenvalue weighted by atomic mass is 10.2. The molecule has 0 unspecified atom stereocenters. The van der Waals surface area contributed by atoms with Gasteiger partial charge in [0.25, 0.3) is 11.4 Å². The fourth-order valence-corrected chi connectivity index (χ4v) is 5.23. The fourth-order valence-electron chi connectivity index (χ4n) is 3.73. The van der Waals surface area contributed by atoms with Crippen LogP contribution in [-0.4, -0.2) is 43.2 Å². The monoisotopic (exact) mass is 469 g/mol. The van der Waals surface area contributed by atoms with E-state index < -0.39 is 0 Å². The van der Waals surface area contributed by atoms with Gasteiger partial charge >= 0.3 is 0 Å². The van der Waals surface area contributed by atoms with Gasteiger partial charge in [0.05, 0.1) is 22.2 Å². The number of rotatable bonds is 9. The maximum absolute atomic E-state index is 13.3. The van der Waals surface area contributed by atoms with E-state index in [4.69, 9.17) is 9.51 Å². The number of nitrogens with zero attached hydrogens (tertiary/aromatic N) is 5. The Labute approximate surface area is 195 Å². The molecule has 0 bridgehead atoms. The van der Waals surface area contributed by atoms with E-state index >= 15 is 0 Å². The Hall–Kier alpha value is -2.49. The minimum Gasteiger partial charge on any atom is -0.334 e. The van der Waals surface area contributed by atoms with Gasteiger partial charge in [0, 0.05) is 30.6 Å². The molecule has 3 aromatic heterocycles. The number of thiophene rings is 1. The summed E-state index contributed by atoms with van der Waals surface area (Å²) in [7, 11) is 0. The van der Waals surface area contributed by atoms with Gasteiger partial charge in [0.2, 0.25) is 0 Å². The van der Waals surface area contributed by atoms with Gasteiger partial charge in [-0.2, -0.15) is 16.3 Å². The van der Waals surface area contributed by atoms with E-state index in [9.17, 15) is 4.79 Å². The molecule has 168 valence electrons. The Balaban J connectivity index is 1.60. The zero-order valence-corrected chi connectivity index (χ0v) is 20.3. The Bertz CT molecular complexity index is 1220. The quantitative estimate of drug-likeness (QED) is 0.254. The second kappa shape index (κ2) is 9.97. The topological polar surface area (TPSA) is 77.1 Å². The molecule has 4 rings (SSSR count). The first-order chi connectivity index (χ1) is 15.4. The summed E-state index contributed by atoms with van der Waals surface area (Å²) in [5.41, 5.74) is 1.60. The lowest BCUT2D eigenvalue weighted by Crippen LogP contribution is -2.40. The summed E-state index contributed by atoms with van der Waals surface area (Å²) in [4.78, 5) is 25.0. The van der Waals surface area contributed by atoms with Crippen molar-refractivity contribution in [1.29, 1.82) is 0 Å². The van der Waals surface area contributed by atoms with Crippen molar-refractivity contribution in [3.8, 4) is 11.5 Å². The minimum absolute atomic E-state index is 0.0161. The predicted molar refractivity (Wildman–Crippen MR) is 130 cm³/mol. The van der Waals surface area contributed by atoms with E-state index in [-0.39, 0.29) is 5.56 Å². The van der Waals surface area contributed by atoms with Crippen LogP contribution < -0.4 is 5.56 Å². The molecule has 0 amide bonds. The smallest absolute Gasteiger partial charge is 0.262 e. The van der Waals surface area contributed by atoms with Crippen LogP contribution in [0.2, 0.25) is 0 Å². The molecule has 1 aromatic carbocycles. The summed E-state index contributed by atoms with van der Waals surface area (Å²) in [6.07, 6.45) is 0. The van der Waals surface area contributed by atoms with Gasteiger partial charge in [0.1, 0.15) is 0 Å². The molecule has 0 radical (unpaired) electrons. The molecular weight excluding hydrogens is 442 g/mol. The van der Waals surface area contributed by atoms with Crippen molar-refractivity contribution in [1.82, 2.24) is 24.6 Å². The van der Waals surface area contributed by atoms with Gasteiger partial charge in [-0.25, -0.2) is 4.98 Å². The summed E-state index contributed by atoms with van der Waals surface area (Å²) in [6.45, 7) is 10.1. The first-order valence-corrected chi connectivity index (χ1v) is 12.6. The summed E-state index contributed by atoms with van der Waals surface area (Å²) < 4.78 is 7.17. The van der Waals surface area contributed by atoms with Crippen LogP contribution in [-0.2, 0) is 12.3 Å². The van der Waals surface area contributed by atoms with E-state index in [1.165, 1.54) is 11.8 Å². The van der Waals surface area contributed by atoms with Crippen molar-refractivity contribution in [2.75, 3.05) is 6.54 Å². The van der Waals surface area contributed by atoms with Gasteiger partial charge in [-0.05, 0) is 51.3 Å². The molecule has 7 nitrogen and oxygen atoms in total. The molecule has 0 saturated heterocycles. The summed E-state index contributed by atoms with van der Waals surface area (Å²) >= 11 is 3.04. The van der Waals surface area contributed by atoms with Crippen LogP contribution >= 0.6 is 23.1 Å². The molecule has 0 N–H and O–H groups in total. The van der Waals surface area contributed by atoms with E-state index in [0.29, 0.717) is 52.2 Å². The van der Waals surface area contributed by atoms with Crippen molar-refractivity contribution in [2.24, 2.45) is 0 Å². The van der Waals surface area contributed by atoms with Gasteiger partial charge in [-0.3, -0.25) is 14.3 Å². The Kier molecular flexibility index (Phi) is 7.07. The summed E-state index contributed by atoms with van der Waals surface area (Å²) in [6, 6.07) is 10.2. The highest BCUT2D eigenvalue weighted by atomic mass is 32.2. The predicted octanol–water partition coefficient (Wildman–Crippen LogP) is 4.92. The van der Waals surface area contributed by atoms with E-state index in [0.717, 1.165) is 12.1 Å². The Morgan fingerprint density at radius 2 is 1.91 bits per heavy atom. The molecule has 4 aromatic rings. The highest BCUT2D eigenvalue weighted by molar-refractivity contribution is 7.98. The molecule has 0 aliphatic carbocycles. The van der Waals surface area contributed by atoms with Gasteiger partial charge in [-0.15, -0.1) is 0 Å². The van der Waals surface area contributed by atoms with Crippen LogP contribution in [0.5, 0.6) is 0 Å². The number of hydrogen-bond donors (Lipinski definition) is 0. The van der Waals surface area contributed by atoms with Gasteiger partial charge in [-0.1, -0.05) is 29.1 Å². The molecule has 9 heteroatoms. The lowest BCUT2D eigenvalue weighted by molar-refractivity contribution is 0.166. The number of aromatic nitrogens is 4. The second-order valence-corrected chi connectivity index (χ2v) is 9.83. The highest BCUT2D eigenvalue weighted by Gasteiger charge is 2.17. The van der Waals surface area contributed by atoms with Crippen LogP contribution in [0.1, 0.15) is 33.5 Å². The molecule has 0 saturated carbocycles. The van der Waals surface area contributed by atoms with Crippen LogP contribution in [0.25, 0.3) is 22.4 Å². The fraction of sp³-hybridized carbons (Fsp3) is 0.391. The number of hydrogen-bond acceptors (Lipinski definition) is 8. The van der Waals surface area contributed by atoms with Crippen molar-refractivity contribution >= 4 is 34.0 Å². The summed E-state index contributed by atoms with van der Waals surface area (Å²) in [5, 5.41) is 9.35. The zero-order chi connectivity index (χ0) is 22.7. The average molecular weight is 470 g/mol. The van der Waals surface area contributed by atoms with Crippen LogP contribution in [0.4, 0.5) is 0 Å². The van der Waals surface area contributed by atoms with Crippen molar-refractivity contribution < 1.29 is 4.52 Å². The minimum atomic E-state index is -0.0161. The van der Waals surface area contributed by atoms with Gasteiger partial charge < -0.3 is 4.52 Å². The maximum atomic E-state index is 13.3. The maximum Gasteiger partial charge on any atom is 0.262 e. The van der Waals surface area contributed by atoms with E-state index in [1.54, 1.807) is 15.9 Å². The largest absolute Gasteiger partial charge is 0.334 e. The molecule has 0 atom stereocenters. The first kappa shape index (κ1) is 22.7. The molecule has 32 heavy (non-hydrogen) atoms. The Morgan fingerprint density at radius 1 is 1.12 bits per heavy atom. The van der Waals surface area contributed by atoms with Crippen molar-refractivity contribution in [2.45, 2.75) is 57.2 Å². The SMILES string of the molecule is CC(C)N(CCn1c(SCc2noc(-c3ccsc3)n2)nc2ccccc2c1=O)C(C)C. The first-order valence-electron chi connectivity index (χ1n) is 10.7. The molecular formula is C23H27N5O2S2. The molecule has 0 spiro atoms. The third kappa shape index (κ3) is 4.95. The van der Waals surface area contributed by atoms with E-state index in [1.807, 2.05) is 41.1 Å². The molecule has 0 aliphatic heterocycles. The molecule has 0 aliphatic rings. The standard InChI is InChI=1S/C23H27N5O2S2/c1-15(2)27(16(3)4)10-11-28-22(29)18-7-5-6-8-19(18)24-23(28)32-14-20-25-21(30-26-20)17-9-12-31-13-17/h5-9,12-13,15-16H,10-11,14H2,1-4H3. The van der Waals surface area contributed by atoms with E-state index in [2.05, 4.69) is 42.7 Å². The molecule has 0 fully saturated rings. The average Bonchev–Trinajstić information content (AvgIpc) is 3.45. The highest BCUT2D eigenvalue weighted by Crippen LogP contribution is 2.24. The van der Waals surface area contributed by atoms with Crippen LogP contribution in [0, 0.1) is 0 Å². The Morgan fingerprint density at radius 3 is 2.62 bits per heavy atom. The normalized spacial score (nSPS) is 12.0. The third-order valence-corrected chi connectivity index (χ3v) is 6.96. The van der Waals surface area contributed by atoms with Crippen molar-refractivity contribution in [3.63, 3.8) is 0 Å². The number of fused-ring (bicyclic) bond motifs is 1. The van der Waals surface area contributed by atoms with Crippen LogP contribution in [0.3, 0.4) is 0 Å².